The lowest BCUT2D eigenvalue weighted by molar-refractivity contribution is -0.146. The number of thioether (sulfide) groups is 1. The van der Waals surface area contributed by atoms with Gasteiger partial charge in [-0.15, -0.1) is 11.8 Å². The number of nitrogens with one attached hydrogen (secondary N) is 1. The Balaban J connectivity index is 2.61. The first-order valence-corrected chi connectivity index (χ1v) is 8.63. The van der Waals surface area contributed by atoms with Crippen LogP contribution >= 0.6 is 23.4 Å². The molecule has 0 aliphatic heterocycles. The number of benzene rings is 1. The van der Waals surface area contributed by atoms with Gasteiger partial charge in [0.2, 0.25) is 5.91 Å². The number of halogens is 1. The third kappa shape index (κ3) is 6.31. The summed E-state index contributed by atoms with van der Waals surface area (Å²) in [6.07, 6.45) is -0.166. The van der Waals surface area contributed by atoms with Crippen LogP contribution in [0.5, 0.6) is 5.75 Å². The van der Waals surface area contributed by atoms with E-state index in [1.807, 2.05) is 6.92 Å². The SMILES string of the molecule is COc1cc(Cl)c(C)cc1NC(=O)CSC(C)C(=O)OC(C)C. The van der Waals surface area contributed by atoms with Crippen molar-refractivity contribution in [1.29, 1.82) is 0 Å². The summed E-state index contributed by atoms with van der Waals surface area (Å²) in [5.74, 6) is 0.0854. The standard InChI is InChI=1S/C16H22ClNO4S/c1-9(2)22-16(20)11(4)23-8-15(19)18-13-6-10(3)12(17)7-14(13)21-5/h6-7,9,11H,8H2,1-5H3,(H,18,19). The average molecular weight is 360 g/mol. The van der Waals surface area contributed by atoms with Gasteiger partial charge in [0.1, 0.15) is 11.0 Å². The molecule has 1 N–H and O–H groups in total. The fourth-order valence-corrected chi connectivity index (χ4v) is 2.53. The highest BCUT2D eigenvalue weighted by Crippen LogP contribution is 2.31. The Hall–Kier alpha value is -1.40. The number of carbonyl (C=O) groups is 2. The summed E-state index contributed by atoms with van der Waals surface area (Å²) < 4.78 is 10.3. The van der Waals surface area contributed by atoms with Gasteiger partial charge in [0.25, 0.3) is 0 Å². The van der Waals surface area contributed by atoms with E-state index in [1.165, 1.54) is 18.9 Å². The zero-order valence-corrected chi connectivity index (χ0v) is 15.5. The van der Waals surface area contributed by atoms with E-state index in [9.17, 15) is 9.59 Å². The monoisotopic (exact) mass is 359 g/mol. The largest absolute Gasteiger partial charge is 0.495 e. The number of aryl methyl sites for hydroxylation is 1. The summed E-state index contributed by atoms with van der Waals surface area (Å²) in [6.45, 7) is 7.14. The predicted octanol–water partition coefficient (Wildman–Crippen LogP) is 3.67. The van der Waals surface area contributed by atoms with Crippen molar-refractivity contribution in [2.45, 2.75) is 39.0 Å². The molecule has 0 bridgehead atoms. The van der Waals surface area contributed by atoms with Crippen molar-refractivity contribution in [3.63, 3.8) is 0 Å². The molecule has 1 aromatic rings. The lowest BCUT2D eigenvalue weighted by Gasteiger charge is -2.14. The van der Waals surface area contributed by atoms with Gasteiger partial charge in [-0.25, -0.2) is 0 Å². The molecule has 7 heteroatoms. The Labute approximate surface area is 146 Å². The number of amides is 1. The average Bonchev–Trinajstić information content (AvgIpc) is 2.47. The van der Waals surface area contributed by atoms with Gasteiger partial charge in [0, 0.05) is 11.1 Å². The normalized spacial score (nSPS) is 12.0. The Morgan fingerprint density at radius 2 is 1.96 bits per heavy atom. The van der Waals surface area contributed by atoms with Crippen molar-refractivity contribution in [3.8, 4) is 5.75 Å². The minimum absolute atomic E-state index is 0.138. The number of carbonyl (C=O) groups excluding carboxylic acids is 2. The van der Waals surface area contributed by atoms with Crippen molar-refractivity contribution in [2.24, 2.45) is 0 Å². The van der Waals surface area contributed by atoms with E-state index >= 15 is 0 Å². The van der Waals surface area contributed by atoms with Crippen molar-refractivity contribution in [1.82, 2.24) is 0 Å². The van der Waals surface area contributed by atoms with Gasteiger partial charge < -0.3 is 14.8 Å². The summed E-state index contributed by atoms with van der Waals surface area (Å²) in [5.41, 5.74) is 1.39. The molecule has 1 unspecified atom stereocenters. The first-order chi connectivity index (χ1) is 10.7. The molecule has 0 saturated heterocycles. The van der Waals surface area contributed by atoms with Crippen LogP contribution in [0, 0.1) is 6.92 Å². The maximum Gasteiger partial charge on any atom is 0.319 e. The van der Waals surface area contributed by atoms with Crippen LogP contribution in [-0.4, -0.2) is 36.1 Å². The van der Waals surface area contributed by atoms with Crippen LogP contribution in [0.2, 0.25) is 5.02 Å². The molecule has 0 aromatic heterocycles. The van der Waals surface area contributed by atoms with Crippen LogP contribution < -0.4 is 10.1 Å². The zero-order valence-electron chi connectivity index (χ0n) is 13.9. The van der Waals surface area contributed by atoms with Gasteiger partial charge in [0.05, 0.1) is 24.7 Å². The quantitative estimate of drug-likeness (QED) is 0.752. The molecule has 0 spiro atoms. The van der Waals surface area contributed by atoms with E-state index in [0.717, 1.165) is 5.56 Å². The molecule has 5 nitrogen and oxygen atoms in total. The molecule has 0 aliphatic rings. The van der Waals surface area contributed by atoms with Gasteiger partial charge in [-0.05, 0) is 39.3 Å². The molecule has 0 aliphatic carbocycles. The smallest absolute Gasteiger partial charge is 0.319 e. The summed E-state index contributed by atoms with van der Waals surface area (Å²) in [4.78, 5) is 23.8. The Morgan fingerprint density at radius 3 is 2.52 bits per heavy atom. The summed E-state index contributed by atoms with van der Waals surface area (Å²) in [6, 6.07) is 3.41. The molecule has 1 aromatic carbocycles. The molecule has 0 fully saturated rings. The second-order valence-electron chi connectivity index (χ2n) is 5.29. The van der Waals surface area contributed by atoms with E-state index in [2.05, 4.69) is 5.32 Å². The van der Waals surface area contributed by atoms with Gasteiger partial charge in [-0.3, -0.25) is 9.59 Å². The third-order valence-electron chi connectivity index (χ3n) is 2.90. The number of anilines is 1. The van der Waals surface area contributed by atoms with Crippen LogP contribution in [0.25, 0.3) is 0 Å². The van der Waals surface area contributed by atoms with Crippen LogP contribution in [0.4, 0.5) is 5.69 Å². The summed E-state index contributed by atoms with van der Waals surface area (Å²) in [5, 5.41) is 2.93. The van der Waals surface area contributed by atoms with Gasteiger partial charge in [-0.1, -0.05) is 11.6 Å². The van der Waals surface area contributed by atoms with Crippen LogP contribution in [-0.2, 0) is 14.3 Å². The zero-order chi connectivity index (χ0) is 17.6. The van der Waals surface area contributed by atoms with Crippen LogP contribution in [0.15, 0.2) is 12.1 Å². The fraction of sp³-hybridized carbons (Fsp3) is 0.500. The van der Waals surface area contributed by atoms with Crippen LogP contribution in [0.3, 0.4) is 0 Å². The molecular formula is C16H22ClNO4S. The minimum Gasteiger partial charge on any atom is -0.495 e. The molecule has 0 radical (unpaired) electrons. The minimum atomic E-state index is -0.406. The van der Waals surface area contributed by atoms with Crippen molar-refractivity contribution < 1.29 is 19.1 Å². The second kappa shape index (κ2) is 9.03. The Kier molecular flexibility index (Phi) is 7.72. The molecule has 1 rings (SSSR count). The number of hydrogen-bond donors (Lipinski definition) is 1. The molecule has 1 amide bonds. The Bertz CT molecular complexity index is 577. The number of rotatable bonds is 7. The number of esters is 1. The van der Waals surface area contributed by atoms with Crippen molar-refractivity contribution in [2.75, 3.05) is 18.2 Å². The third-order valence-corrected chi connectivity index (χ3v) is 4.43. The number of methoxy groups -OCH3 is 1. The lowest BCUT2D eigenvalue weighted by Crippen LogP contribution is -2.23. The van der Waals surface area contributed by atoms with E-state index in [1.54, 1.807) is 32.9 Å². The maximum atomic E-state index is 12.1. The van der Waals surface area contributed by atoms with Crippen molar-refractivity contribution >= 4 is 40.9 Å². The lowest BCUT2D eigenvalue weighted by atomic mass is 10.2. The van der Waals surface area contributed by atoms with E-state index in [-0.39, 0.29) is 23.7 Å². The number of ether oxygens (including phenoxy) is 2. The molecule has 23 heavy (non-hydrogen) atoms. The molecule has 128 valence electrons. The van der Waals surface area contributed by atoms with E-state index < -0.39 is 5.25 Å². The van der Waals surface area contributed by atoms with Gasteiger partial charge in [-0.2, -0.15) is 0 Å². The second-order valence-corrected chi connectivity index (χ2v) is 7.03. The summed E-state index contributed by atoms with van der Waals surface area (Å²) in [7, 11) is 1.51. The highest BCUT2D eigenvalue weighted by Gasteiger charge is 2.18. The first-order valence-electron chi connectivity index (χ1n) is 7.20. The highest BCUT2D eigenvalue weighted by atomic mass is 35.5. The molecule has 0 heterocycles. The van der Waals surface area contributed by atoms with Gasteiger partial charge in [0.15, 0.2) is 0 Å². The molecular weight excluding hydrogens is 338 g/mol. The summed E-state index contributed by atoms with van der Waals surface area (Å²) >= 11 is 7.25. The van der Waals surface area contributed by atoms with Crippen LogP contribution in [0.1, 0.15) is 26.3 Å². The molecule has 1 atom stereocenters. The van der Waals surface area contributed by atoms with Gasteiger partial charge >= 0.3 is 5.97 Å². The van der Waals surface area contributed by atoms with Crippen molar-refractivity contribution in [3.05, 3.63) is 22.7 Å². The number of hydrogen-bond acceptors (Lipinski definition) is 5. The highest BCUT2D eigenvalue weighted by molar-refractivity contribution is 8.01. The topological polar surface area (TPSA) is 64.6 Å². The predicted molar refractivity (Wildman–Crippen MR) is 94.5 cm³/mol. The fourth-order valence-electron chi connectivity index (χ4n) is 1.71. The molecule has 0 saturated carbocycles. The van der Waals surface area contributed by atoms with E-state index in [0.29, 0.717) is 16.5 Å². The first kappa shape index (κ1) is 19.6. The Morgan fingerprint density at radius 1 is 1.30 bits per heavy atom. The maximum absolute atomic E-state index is 12.1. The van der Waals surface area contributed by atoms with E-state index in [4.69, 9.17) is 21.1 Å².